The normalized spacial score (nSPS) is 14.1. The fourth-order valence-corrected chi connectivity index (χ4v) is 3.95. The Morgan fingerprint density at radius 1 is 0.700 bits per heavy atom. The Balaban J connectivity index is 0.000000214. The predicted octanol–water partition coefficient (Wildman–Crippen LogP) is 8.97. The second kappa shape index (κ2) is 14.3. The zero-order valence-corrected chi connectivity index (χ0v) is 23.8. The van der Waals surface area contributed by atoms with E-state index in [9.17, 15) is 0 Å². The molecule has 0 aliphatic rings. The van der Waals surface area contributed by atoms with Crippen molar-refractivity contribution in [3.8, 4) is 33.6 Å². The predicted molar refractivity (Wildman–Crippen MR) is 161 cm³/mol. The first kappa shape index (κ1) is 19.8. The molecule has 0 aliphatic heterocycles. The molecule has 0 bridgehead atoms. The largest absolute Gasteiger partial charge is 0.305 e. The number of aryl methyl sites for hydroxylation is 2. The molecule has 0 N–H and O–H groups in total. The smallest absolute Gasteiger partial charge is 0.0349 e. The van der Waals surface area contributed by atoms with Crippen molar-refractivity contribution in [2.24, 2.45) is 0 Å². The molecule has 0 aliphatic carbocycles. The van der Waals surface area contributed by atoms with E-state index in [4.69, 9.17) is 11.0 Å². The molecule has 0 unspecified atom stereocenters. The van der Waals surface area contributed by atoms with Crippen LogP contribution < -0.4 is 0 Å². The van der Waals surface area contributed by atoms with Crippen LogP contribution in [0.5, 0.6) is 0 Å². The number of aromatic nitrogens is 2. The van der Waals surface area contributed by atoms with Crippen LogP contribution in [0, 0.1) is 25.8 Å². The van der Waals surface area contributed by atoms with Crippen LogP contribution in [0.3, 0.4) is 0 Å². The van der Waals surface area contributed by atoms with E-state index in [1.54, 1.807) is 48.7 Å². The summed E-state index contributed by atoms with van der Waals surface area (Å²) < 4.78 is 63.6. The Morgan fingerprint density at radius 3 is 2.15 bits per heavy atom. The zero-order valence-electron chi connectivity index (χ0n) is 29.4. The van der Waals surface area contributed by atoms with Crippen LogP contribution in [0.2, 0.25) is 0 Å². The first-order valence-corrected chi connectivity index (χ1v) is 12.4. The van der Waals surface area contributed by atoms with E-state index in [0.29, 0.717) is 28.1 Å². The second-order valence-electron chi connectivity index (χ2n) is 8.64. The van der Waals surface area contributed by atoms with Crippen LogP contribution in [0.25, 0.3) is 33.6 Å². The van der Waals surface area contributed by atoms with Crippen LogP contribution in [-0.2, 0) is 26.5 Å². The molecular weight excluding hydrogens is 665 g/mol. The molecule has 199 valence electrons. The number of hydrogen-bond donors (Lipinski definition) is 0. The van der Waals surface area contributed by atoms with Gasteiger partial charge in [-0.2, -0.15) is 0 Å². The van der Waals surface area contributed by atoms with Crippen molar-refractivity contribution in [1.82, 2.24) is 9.97 Å². The first-order valence-electron chi connectivity index (χ1n) is 16.4. The van der Waals surface area contributed by atoms with Crippen molar-refractivity contribution in [3.63, 3.8) is 0 Å². The summed E-state index contributed by atoms with van der Waals surface area (Å²) in [5, 5.41) is 0. The quantitative estimate of drug-likeness (QED) is 0.168. The average Bonchev–Trinajstić information content (AvgIpc) is 3.09. The fourth-order valence-electron chi connectivity index (χ4n) is 3.95. The Bertz CT molecular complexity index is 1920. The van der Waals surface area contributed by atoms with Gasteiger partial charge in [0.25, 0.3) is 0 Å². The maximum atomic E-state index is 8.57. The van der Waals surface area contributed by atoms with E-state index in [2.05, 4.69) is 22.1 Å². The van der Waals surface area contributed by atoms with E-state index in [1.807, 2.05) is 66.7 Å². The van der Waals surface area contributed by atoms with Gasteiger partial charge in [-0.15, -0.1) is 70.8 Å². The SMILES string of the molecule is [2H]C([2H])([2H])c1c[c-]c(-c2ccccn2)cc1C([2H])([2H])c1ccccc1.[2H]C([2H])([2H])c1cnc(-c2[c-]cccc2)cc1-c1ccccc1.[Ir]. The third-order valence-electron chi connectivity index (χ3n) is 5.92. The minimum atomic E-state index is -2.43. The van der Waals surface area contributed by atoms with Crippen LogP contribution in [0.1, 0.15) is 33.2 Å². The van der Waals surface area contributed by atoms with Crippen molar-refractivity contribution >= 4 is 0 Å². The molecule has 40 heavy (non-hydrogen) atoms. The summed E-state index contributed by atoms with van der Waals surface area (Å²) in [6, 6.07) is 41.8. The van der Waals surface area contributed by atoms with Gasteiger partial charge in [-0.25, -0.2) is 0 Å². The van der Waals surface area contributed by atoms with Crippen LogP contribution in [0.4, 0.5) is 0 Å². The summed E-state index contributed by atoms with van der Waals surface area (Å²) >= 11 is 0. The molecule has 0 saturated carbocycles. The van der Waals surface area contributed by atoms with E-state index in [1.165, 1.54) is 18.3 Å². The van der Waals surface area contributed by atoms with Crippen LogP contribution in [-0.4, -0.2) is 9.97 Å². The van der Waals surface area contributed by atoms with Gasteiger partial charge >= 0.3 is 0 Å². The molecule has 0 fully saturated rings. The minimum Gasteiger partial charge on any atom is -0.305 e. The van der Waals surface area contributed by atoms with Crippen molar-refractivity contribution in [2.75, 3.05) is 0 Å². The van der Waals surface area contributed by atoms with Gasteiger partial charge in [0.15, 0.2) is 0 Å². The van der Waals surface area contributed by atoms with Crippen LogP contribution >= 0.6 is 0 Å². The van der Waals surface area contributed by atoms with Gasteiger partial charge in [-0.05, 0) is 52.9 Å². The van der Waals surface area contributed by atoms with E-state index in [0.717, 1.165) is 11.1 Å². The molecule has 1 radical (unpaired) electrons. The van der Waals surface area contributed by atoms with Crippen molar-refractivity contribution in [2.45, 2.75) is 20.1 Å². The van der Waals surface area contributed by atoms with Gasteiger partial charge in [0.2, 0.25) is 0 Å². The molecule has 0 saturated heterocycles. The average molecular weight is 703 g/mol. The summed E-state index contributed by atoms with van der Waals surface area (Å²) in [5.74, 6) is 0. The Morgan fingerprint density at radius 2 is 1.45 bits per heavy atom. The summed E-state index contributed by atoms with van der Waals surface area (Å²) in [6.45, 7) is -4.63. The standard InChI is InChI=1S/C19H16N.C18H14N.Ir/c1-15-10-11-17(19-9-5-6-12-20-19)14-18(15)13-16-7-3-2-4-8-16;1-14-13-19-18(16-10-6-3-7-11-16)12-17(14)15-8-4-2-5-9-15;/h2-10,12,14H,13H2,1H3;2-10,12-13H,1H3;/q2*-1;/i1D3,13D2;1D3;. The van der Waals surface area contributed by atoms with Crippen molar-refractivity contribution in [1.29, 1.82) is 0 Å². The number of nitrogens with zero attached hydrogens (tertiary/aromatic N) is 2. The molecule has 4 aromatic carbocycles. The maximum Gasteiger partial charge on any atom is 0.0349 e. The molecule has 2 heterocycles. The molecule has 2 aromatic heterocycles. The van der Waals surface area contributed by atoms with Gasteiger partial charge in [0.1, 0.15) is 0 Å². The molecule has 2 nitrogen and oxygen atoms in total. The number of benzene rings is 4. The summed E-state index contributed by atoms with van der Waals surface area (Å²) in [5.41, 5.74) is 5.02. The molecule has 0 spiro atoms. The third-order valence-corrected chi connectivity index (χ3v) is 5.92. The van der Waals surface area contributed by atoms with E-state index in [-0.39, 0.29) is 36.8 Å². The fraction of sp³-hybridized carbons (Fsp3) is 0.0811. The topological polar surface area (TPSA) is 25.8 Å². The molecule has 0 amide bonds. The van der Waals surface area contributed by atoms with Gasteiger partial charge in [-0.3, -0.25) is 0 Å². The second-order valence-corrected chi connectivity index (χ2v) is 8.64. The minimum absolute atomic E-state index is 0. The summed E-state index contributed by atoms with van der Waals surface area (Å²) in [7, 11) is 0. The van der Waals surface area contributed by atoms with Crippen molar-refractivity contribution in [3.05, 3.63) is 168 Å². The molecule has 3 heteroatoms. The molecule has 0 atom stereocenters. The van der Waals surface area contributed by atoms with E-state index >= 15 is 0 Å². The zero-order chi connectivity index (χ0) is 33.7. The molecule has 6 rings (SSSR count). The maximum absolute atomic E-state index is 8.57. The Hall–Kier alpha value is -4.17. The summed E-state index contributed by atoms with van der Waals surface area (Å²) in [6.07, 6.45) is 1.13. The Kier molecular flexibility index (Phi) is 7.08. The number of hydrogen-bond acceptors (Lipinski definition) is 2. The molecule has 6 aromatic rings. The van der Waals surface area contributed by atoms with Gasteiger partial charge in [0, 0.05) is 43.5 Å². The molecular formula is C37H30IrN2-2. The number of pyridine rings is 2. The third kappa shape index (κ3) is 7.48. The Labute approximate surface area is 262 Å². The summed E-state index contributed by atoms with van der Waals surface area (Å²) in [4.78, 5) is 8.55. The van der Waals surface area contributed by atoms with Crippen molar-refractivity contribution < 1.29 is 31.1 Å². The van der Waals surface area contributed by atoms with Gasteiger partial charge in [-0.1, -0.05) is 85.7 Å². The van der Waals surface area contributed by atoms with E-state index < -0.39 is 20.1 Å². The number of rotatable bonds is 5. The monoisotopic (exact) mass is 703 g/mol. The van der Waals surface area contributed by atoms with Gasteiger partial charge in [0.05, 0.1) is 0 Å². The first-order chi connectivity index (χ1) is 22.4. The van der Waals surface area contributed by atoms with Gasteiger partial charge < -0.3 is 9.97 Å². The van der Waals surface area contributed by atoms with Crippen LogP contribution in [0.15, 0.2) is 134 Å².